The summed E-state index contributed by atoms with van der Waals surface area (Å²) in [6, 6.07) is 0. The summed E-state index contributed by atoms with van der Waals surface area (Å²) >= 11 is 0. The van der Waals surface area contributed by atoms with Crippen LogP contribution in [0.2, 0.25) is 19.0 Å². The molecule has 0 aromatic rings. The molecule has 162 valence electrons. The van der Waals surface area contributed by atoms with Crippen LogP contribution in [0.5, 0.6) is 0 Å². The van der Waals surface area contributed by atoms with E-state index in [1.54, 1.807) is 0 Å². The van der Waals surface area contributed by atoms with Gasteiger partial charge in [0.2, 0.25) is 0 Å². The van der Waals surface area contributed by atoms with Gasteiger partial charge >= 0.3 is 0 Å². The maximum Gasteiger partial charge on any atom is 0.290 e. The van der Waals surface area contributed by atoms with Crippen LogP contribution in [0.15, 0.2) is 75.9 Å². The summed E-state index contributed by atoms with van der Waals surface area (Å²) in [5, 5.41) is 0. The van der Waals surface area contributed by atoms with Crippen molar-refractivity contribution in [1.82, 2.24) is 14.2 Å². The predicted octanol–water partition coefficient (Wildman–Crippen LogP) is 5.83. The molecule has 0 atom stereocenters. The zero-order valence-corrected chi connectivity index (χ0v) is 19.3. The monoisotopic (exact) mass is 405 g/mol. The summed E-state index contributed by atoms with van der Waals surface area (Å²) in [6.45, 7) is 28.2. The minimum Gasteiger partial charge on any atom is -0.357 e. The van der Waals surface area contributed by atoms with Gasteiger partial charge in [-0.15, -0.1) is 39.5 Å². The number of rotatable bonds is 18. The molecule has 0 amide bonds. The van der Waals surface area contributed by atoms with Crippen LogP contribution in [0, 0.1) is 0 Å². The molecule has 1 heterocycles. The number of hydrogen-bond acceptors (Lipinski definition) is 3. The van der Waals surface area contributed by atoms with Crippen LogP contribution in [-0.4, -0.2) is 54.7 Å². The lowest BCUT2D eigenvalue weighted by Crippen LogP contribution is -2.77. The second-order valence-corrected chi connectivity index (χ2v) is 7.99. The molecule has 1 rings (SSSR count). The SMILES string of the molecule is C=CCCB1N(CCC=C)B(CCC=C)N(CCC=C)B(CCC=C)N1CCC=C. The van der Waals surface area contributed by atoms with Gasteiger partial charge in [0.1, 0.15) is 0 Å². The van der Waals surface area contributed by atoms with Crippen molar-refractivity contribution < 1.29 is 0 Å². The molecule has 0 aliphatic carbocycles. The molecule has 0 radical (unpaired) electrons. The van der Waals surface area contributed by atoms with Gasteiger partial charge in [0, 0.05) is 0 Å². The van der Waals surface area contributed by atoms with E-state index in [0.717, 1.165) is 77.1 Å². The molecule has 1 aliphatic heterocycles. The van der Waals surface area contributed by atoms with E-state index in [-0.39, 0.29) is 0 Å². The zero-order valence-electron chi connectivity index (χ0n) is 19.3. The smallest absolute Gasteiger partial charge is 0.290 e. The molecule has 0 bridgehead atoms. The third kappa shape index (κ3) is 7.98. The normalized spacial score (nSPS) is 15.8. The van der Waals surface area contributed by atoms with E-state index in [2.05, 4.69) is 71.9 Å². The van der Waals surface area contributed by atoms with Crippen molar-refractivity contribution in [1.29, 1.82) is 0 Å². The Balaban J connectivity index is 3.41. The summed E-state index contributed by atoms with van der Waals surface area (Å²) in [7, 11) is 0. The van der Waals surface area contributed by atoms with Crippen molar-refractivity contribution in [3.63, 3.8) is 0 Å². The minimum absolute atomic E-state index is 0.396. The van der Waals surface area contributed by atoms with Gasteiger partial charge in [-0.1, -0.05) is 36.5 Å². The molecule has 0 N–H and O–H groups in total. The molecule has 1 aliphatic rings. The summed E-state index contributed by atoms with van der Waals surface area (Å²) in [6.07, 6.45) is 21.6. The lowest BCUT2D eigenvalue weighted by Gasteiger charge is -2.55. The molecule has 3 nitrogen and oxygen atoms in total. The van der Waals surface area contributed by atoms with E-state index in [1.165, 1.54) is 0 Å². The Morgan fingerprint density at radius 2 is 0.633 bits per heavy atom. The van der Waals surface area contributed by atoms with Crippen molar-refractivity contribution in [3.8, 4) is 0 Å². The molecule has 0 aromatic heterocycles. The molecule has 0 spiro atoms. The molecule has 30 heavy (non-hydrogen) atoms. The van der Waals surface area contributed by atoms with Gasteiger partial charge in [-0.2, -0.15) is 0 Å². The van der Waals surface area contributed by atoms with Crippen LogP contribution in [0.4, 0.5) is 0 Å². The van der Waals surface area contributed by atoms with Gasteiger partial charge in [0.15, 0.2) is 0 Å². The van der Waals surface area contributed by atoms with Crippen LogP contribution in [0.25, 0.3) is 0 Å². The summed E-state index contributed by atoms with van der Waals surface area (Å²) in [5.74, 6) is 0. The average Bonchev–Trinajstić information content (AvgIpc) is 2.76. The zero-order chi connectivity index (χ0) is 22.2. The first-order valence-corrected chi connectivity index (χ1v) is 11.6. The molecular formula is C24H42B3N3. The van der Waals surface area contributed by atoms with Crippen molar-refractivity contribution in [2.24, 2.45) is 0 Å². The topological polar surface area (TPSA) is 9.72 Å². The Morgan fingerprint density at radius 3 is 0.833 bits per heavy atom. The van der Waals surface area contributed by atoms with E-state index in [9.17, 15) is 0 Å². The van der Waals surface area contributed by atoms with Gasteiger partial charge in [-0.05, 0) is 77.1 Å². The Bertz CT molecular complexity index is 416. The summed E-state index contributed by atoms with van der Waals surface area (Å²) in [4.78, 5) is 0. The van der Waals surface area contributed by atoms with E-state index >= 15 is 0 Å². The predicted molar refractivity (Wildman–Crippen MR) is 141 cm³/mol. The van der Waals surface area contributed by atoms with E-state index in [0.29, 0.717) is 20.9 Å². The second kappa shape index (κ2) is 16.2. The maximum atomic E-state index is 3.99. The highest BCUT2D eigenvalue weighted by Crippen LogP contribution is 2.29. The standard InChI is InChI=1S/C24H42B3N3/c1-7-13-19-25-28(22-16-10-4)26(20-14-8-2)30(24-18-12-6)27(21-15-9-3)29(25)23-17-11-5/h7-12H,1-6,13-24H2. The molecule has 6 heteroatoms. The molecule has 0 unspecified atom stereocenters. The van der Waals surface area contributed by atoms with E-state index in [1.807, 2.05) is 18.2 Å². The van der Waals surface area contributed by atoms with Crippen LogP contribution >= 0.6 is 0 Å². The number of hydrogen-bond donors (Lipinski definition) is 0. The molecular weight excluding hydrogens is 363 g/mol. The lowest BCUT2D eigenvalue weighted by molar-refractivity contribution is 0.426. The number of allylic oxidation sites excluding steroid dienone is 3. The molecule has 1 saturated heterocycles. The Labute approximate surface area is 188 Å². The highest BCUT2D eigenvalue weighted by molar-refractivity contribution is 6.86. The van der Waals surface area contributed by atoms with Crippen LogP contribution in [0.1, 0.15) is 38.5 Å². The quantitative estimate of drug-likeness (QED) is 0.210. The molecule has 0 aromatic carbocycles. The summed E-state index contributed by atoms with van der Waals surface area (Å²) < 4.78 is 8.14. The number of nitrogens with zero attached hydrogens (tertiary/aromatic N) is 3. The summed E-state index contributed by atoms with van der Waals surface area (Å²) in [5.41, 5.74) is 0. The van der Waals surface area contributed by atoms with Crippen LogP contribution in [-0.2, 0) is 0 Å². The fourth-order valence-electron chi connectivity index (χ4n) is 4.58. The highest BCUT2D eigenvalue weighted by Gasteiger charge is 2.50. The van der Waals surface area contributed by atoms with Crippen LogP contribution in [0.3, 0.4) is 0 Å². The average molecular weight is 405 g/mol. The third-order valence-corrected chi connectivity index (χ3v) is 5.96. The first-order chi connectivity index (χ1) is 14.7. The van der Waals surface area contributed by atoms with Gasteiger partial charge in [-0.3, -0.25) is 0 Å². The van der Waals surface area contributed by atoms with Gasteiger partial charge in [0.25, 0.3) is 20.9 Å². The lowest BCUT2D eigenvalue weighted by atomic mass is 9.39. The Morgan fingerprint density at radius 1 is 0.400 bits per heavy atom. The third-order valence-electron chi connectivity index (χ3n) is 5.96. The molecule has 0 saturated carbocycles. The minimum atomic E-state index is 0.396. The van der Waals surface area contributed by atoms with E-state index in [4.69, 9.17) is 0 Å². The van der Waals surface area contributed by atoms with Gasteiger partial charge < -0.3 is 14.2 Å². The second-order valence-electron chi connectivity index (χ2n) is 7.99. The van der Waals surface area contributed by atoms with Crippen molar-refractivity contribution in [2.45, 2.75) is 57.5 Å². The van der Waals surface area contributed by atoms with Crippen molar-refractivity contribution in [2.75, 3.05) is 19.6 Å². The fourth-order valence-corrected chi connectivity index (χ4v) is 4.58. The Kier molecular flexibility index (Phi) is 14.4. The molecule has 1 fully saturated rings. The maximum absolute atomic E-state index is 3.99. The van der Waals surface area contributed by atoms with E-state index < -0.39 is 0 Å². The largest absolute Gasteiger partial charge is 0.357 e. The van der Waals surface area contributed by atoms with Crippen LogP contribution < -0.4 is 0 Å². The first kappa shape index (κ1) is 26.5. The Hall–Kier alpha value is -1.49. The fraction of sp³-hybridized carbons (Fsp3) is 0.500. The highest BCUT2D eigenvalue weighted by atomic mass is 15.3. The van der Waals surface area contributed by atoms with Gasteiger partial charge in [0.05, 0.1) is 0 Å². The first-order valence-electron chi connectivity index (χ1n) is 11.6. The van der Waals surface area contributed by atoms with Crippen molar-refractivity contribution >= 4 is 20.9 Å². The van der Waals surface area contributed by atoms with Gasteiger partial charge in [-0.25, -0.2) is 0 Å². The van der Waals surface area contributed by atoms with Crippen molar-refractivity contribution in [3.05, 3.63) is 75.9 Å².